The summed E-state index contributed by atoms with van der Waals surface area (Å²) in [6.45, 7) is 11.7. The lowest BCUT2D eigenvalue weighted by Crippen LogP contribution is -2.55. The van der Waals surface area contributed by atoms with Crippen molar-refractivity contribution in [3.63, 3.8) is 0 Å². The van der Waals surface area contributed by atoms with E-state index in [0.717, 1.165) is 81.4 Å². The maximum absolute atomic E-state index is 13.0. The molecule has 2 aromatic rings. The third-order valence-corrected chi connectivity index (χ3v) is 10.1. The highest BCUT2D eigenvalue weighted by Gasteiger charge is 2.33. The van der Waals surface area contributed by atoms with Crippen LogP contribution in [0.2, 0.25) is 0 Å². The average Bonchev–Trinajstić information content (AvgIpc) is 3.37. The lowest BCUT2D eigenvalue weighted by atomic mass is 10.1. The summed E-state index contributed by atoms with van der Waals surface area (Å²) in [6.07, 6.45) is 6.24. The predicted octanol–water partition coefficient (Wildman–Crippen LogP) is 4.61. The quantitative estimate of drug-likeness (QED) is 0.299. The van der Waals surface area contributed by atoms with Crippen LogP contribution in [0.1, 0.15) is 81.5 Å². The Bertz CT molecular complexity index is 1210. The number of nitrogens with one attached hydrogen (secondary N) is 3. The first-order valence-corrected chi connectivity index (χ1v) is 16.2. The highest BCUT2D eigenvalue weighted by atomic mass is 32.1. The number of hydrogen-bond acceptors (Lipinski definition) is 8. The number of rotatable bonds is 8. The van der Waals surface area contributed by atoms with Gasteiger partial charge in [-0.1, -0.05) is 0 Å². The summed E-state index contributed by atoms with van der Waals surface area (Å²) in [5.41, 5.74) is 3.70. The second-order valence-electron chi connectivity index (χ2n) is 11.3. The molecule has 0 saturated carbocycles. The fourth-order valence-electron chi connectivity index (χ4n) is 5.47. The molecule has 0 aromatic carbocycles. The monoisotopic (exact) mass is 605 g/mol. The Morgan fingerprint density at radius 2 is 1.54 bits per heavy atom. The van der Waals surface area contributed by atoms with Crippen LogP contribution in [-0.2, 0) is 14.3 Å². The van der Waals surface area contributed by atoms with E-state index in [0.29, 0.717) is 26.5 Å². The molecule has 0 atom stereocenters. The van der Waals surface area contributed by atoms with Crippen LogP contribution >= 0.6 is 22.7 Å². The fourth-order valence-corrected chi connectivity index (χ4v) is 7.37. The standard InChI is InChI=1S/C22H34N4O3S.C8H10O2S/c1-16-15-30-21(22(29)24-18-7-9-23-10-8-18)20(16)25-19(28)14-26(13-17(2)27)11-5-3-4-6-12-26;1-5-4-11-7(6(5)2)8(9)10-3/h15,18,23H,3-14H2,1-2H3,(H-,24,25,28,29);4H,1-3H3/p+1. The van der Waals surface area contributed by atoms with E-state index < -0.39 is 0 Å². The van der Waals surface area contributed by atoms with Gasteiger partial charge in [0.1, 0.15) is 16.3 Å². The summed E-state index contributed by atoms with van der Waals surface area (Å²) in [6, 6.07) is 0.172. The SMILES string of the molecule is CC(=O)C[N+]1(CC(=O)Nc2c(C)csc2C(=O)NC2CCNCC2)CCCCCC1.COC(=O)c1scc(C)c1C. The largest absolute Gasteiger partial charge is 0.465 e. The van der Waals surface area contributed by atoms with Gasteiger partial charge in [0.25, 0.3) is 11.8 Å². The van der Waals surface area contributed by atoms with Crippen molar-refractivity contribution in [2.75, 3.05) is 51.7 Å². The van der Waals surface area contributed by atoms with Crippen molar-refractivity contribution in [3.8, 4) is 0 Å². The second kappa shape index (κ2) is 15.6. The van der Waals surface area contributed by atoms with Gasteiger partial charge in [0.2, 0.25) is 0 Å². The molecule has 0 bridgehead atoms. The topological polar surface area (TPSA) is 114 Å². The van der Waals surface area contributed by atoms with Crippen LogP contribution < -0.4 is 16.0 Å². The van der Waals surface area contributed by atoms with Gasteiger partial charge >= 0.3 is 5.97 Å². The van der Waals surface area contributed by atoms with Crippen molar-refractivity contribution >= 4 is 51.9 Å². The molecule has 9 nitrogen and oxygen atoms in total. The van der Waals surface area contributed by atoms with Crippen molar-refractivity contribution in [3.05, 3.63) is 37.2 Å². The average molecular weight is 606 g/mol. The zero-order valence-electron chi connectivity index (χ0n) is 25.0. The summed E-state index contributed by atoms with van der Waals surface area (Å²) in [4.78, 5) is 50.1. The van der Waals surface area contributed by atoms with E-state index in [1.165, 1.54) is 29.8 Å². The maximum atomic E-state index is 13.0. The molecule has 226 valence electrons. The number of quaternary nitrogens is 1. The van der Waals surface area contributed by atoms with Crippen LogP contribution in [0.4, 0.5) is 5.69 Å². The summed E-state index contributed by atoms with van der Waals surface area (Å²) < 4.78 is 5.13. The first-order valence-electron chi connectivity index (χ1n) is 14.4. The van der Waals surface area contributed by atoms with E-state index in [1.807, 2.05) is 31.5 Å². The van der Waals surface area contributed by atoms with Crippen molar-refractivity contribution in [1.82, 2.24) is 10.6 Å². The van der Waals surface area contributed by atoms with Crippen molar-refractivity contribution in [2.24, 2.45) is 0 Å². The molecule has 2 aromatic heterocycles. The van der Waals surface area contributed by atoms with E-state index >= 15 is 0 Å². The van der Waals surface area contributed by atoms with Gasteiger partial charge in [-0.3, -0.25) is 14.4 Å². The third-order valence-electron chi connectivity index (χ3n) is 7.83. The lowest BCUT2D eigenvalue weighted by Gasteiger charge is -2.36. The molecule has 2 amide bonds. The van der Waals surface area contributed by atoms with Gasteiger partial charge < -0.3 is 25.2 Å². The van der Waals surface area contributed by atoms with E-state index in [9.17, 15) is 19.2 Å². The summed E-state index contributed by atoms with van der Waals surface area (Å²) >= 11 is 2.81. The number of carbonyl (C=O) groups excluding carboxylic acids is 4. The van der Waals surface area contributed by atoms with Gasteiger partial charge in [-0.25, -0.2) is 4.79 Å². The van der Waals surface area contributed by atoms with E-state index in [-0.39, 0.29) is 36.2 Å². The minimum Gasteiger partial charge on any atom is -0.465 e. The van der Waals surface area contributed by atoms with Crippen LogP contribution in [0.25, 0.3) is 0 Å². The number of aryl methyl sites for hydroxylation is 2. The number of ether oxygens (including phenoxy) is 1. The van der Waals surface area contributed by atoms with Gasteiger partial charge in [0.05, 0.1) is 25.9 Å². The van der Waals surface area contributed by atoms with E-state index in [2.05, 4.69) is 20.7 Å². The highest BCUT2D eigenvalue weighted by Crippen LogP contribution is 2.29. The van der Waals surface area contributed by atoms with E-state index in [1.54, 1.807) is 6.92 Å². The summed E-state index contributed by atoms with van der Waals surface area (Å²) in [5, 5.41) is 13.3. The molecule has 2 aliphatic rings. The first-order chi connectivity index (χ1) is 19.5. The zero-order valence-corrected chi connectivity index (χ0v) is 26.7. The first kappa shape index (κ1) is 32.9. The molecule has 3 N–H and O–H groups in total. The Balaban J connectivity index is 0.000000352. The molecular weight excluding hydrogens is 560 g/mol. The van der Waals surface area contributed by atoms with Crippen LogP contribution in [0.15, 0.2) is 10.8 Å². The Hall–Kier alpha value is -2.60. The number of methoxy groups -OCH3 is 1. The smallest absolute Gasteiger partial charge is 0.348 e. The molecule has 0 radical (unpaired) electrons. The maximum Gasteiger partial charge on any atom is 0.348 e. The van der Waals surface area contributed by atoms with Crippen LogP contribution in [0.5, 0.6) is 0 Å². The zero-order chi connectivity index (χ0) is 30.0. The van der Waals surface area contributed by atoms with Gasteiger partial charge in [-0.15, -0.1) is 22.7 Å². The molecule has 0 spiro atoms. The number of likely N-dealkylation sites (tertiary alicyclic amines) is 1. The number of Topliss-reactive ketones (excluding diaryl/α,β-unsaturated/α-hetero) is 1. The van der Waals surface area contributed by atoms with Crippen LogP contribution in [-0.4, -0.2) is 80.5 Å². The Labute approximate surface area is 251 Å². The van der Waals surface area contributed by atoms with E-state index in [4.69, 9.17) is 0 Å². The van der Waals surface area contributed by atoms with Gasteiger partial charge in [-0.2, -0.15) is 0 Å². The predicted molar refractivity (Wildman–Crippen MR) is 165 cm³/mol. The van der Waals surface area contributed by atoms with Crippen LogP contribution in [0.3, 0.4) is 0 Å². The molecule has 4 heterocycles. The van der Waals surface area contributed by atoms with Crippen molar-refractivity contribution in [1.29, 1.82) is 0 Å². The van der Waals surface area contributed by atoms with Crippen LogP contribution in [0, 0.1) is 20.8 Å². The Morgan fingerprint density at radius 3 is 2.10 bits per heavy atom. The number of thiophene rings is 2. The number of amides is 2. The third kappa shape index (κ3) is 9.46. The molecule has 0 unspecified atom stereocenters. The minimum atomic E-state index is -0.236. The van der Waals surface area contributed by atoms with Crippen molar-refractivity contribution < 1.29 is 28.4 Å². The number of anilines is 1. The number of ketones is 1. The lowest BCUT2D eigenvalue weighted by molar-refractivity contribution is -0.912. The molecule has 2 fully saturated rings. The number of piperidine rings is 1. The fraction of sp³-hybridized carbons (Fsp3) is 0.600. The van der Waals surface area contributed by atoms with Gasteiger partial charge in [0.15, 0.2) is 12.3 Å². The number of carbonyl (C=O) groups is 4. The van der Waals surface area contributed by atoms with Gasteiger partial charge in [0, 0.05) is 13.0 Å². The minimum absolute atomic E-state index is 0.113. The Morgan fingerprint density at radius 1 is 0.927 bits per heavy atom. The molecule has 2 saturated heterocycles. The molecule has 41 heavy (non-hydrogen) atoms. The molecular formula is C30H45N4O5S2+. The number of esters is 1. The molecule has 4 rings (SSSR count). The highest BCUT2D eigenvalue weighted by molar-refractivity contribution is 7.13. The molecule has 11 heteroatoms. The second-order valence-corrected chi connectivity index (χ2v) is 13.0. The summed E-state index contributed by atoms with van der Waals surface area (Å²) in [5.74, 6) is -0.340. The number of nitrogens with zero attached hydrogens (tertiary/aromatic N) is 1. The Kier molecular flexibility index (Phi) is 12.5. The number of hydrogen-bond donors (Lipinski definition) is 3. The van der Waals surface area contributed by atoms with Crippen molar-refractivity contribution in [2.45, 2.75) is 72.3 Å². The normalized spacial score (nSPS) is 17.0. The summed E-state index contributed by atoms with van der Waals surface area (Å²) in [7, 11) is 1.40. The molecule has 2 aliphatic heterocycles. The molecule has 0 aliphatic carbocycles. The van der Waals surface area contributed by atoms with Gasteiger partial charge in [-0.05, 0) is 99.8 Å².